The largest absolute Gasteiger partial charge is 0.399 e. The topological polar surface area (TPSA) is 29.3 Å². The van der Waals surface area contributed by atoms with Gasteiger partial charge in [0.25, 0.3) is 0 Å². The Kier molecular flexibility index (Phi) is 4.67. The lowest BCUT2D eigenvalue weighted by Crippen LogP contribution is -2.36. The Morgan fingerprint density at radius 2 is 1.89 bits per heavy atom. The molecular weight excluding hydrogens is 239 g/mol. The molecule has 1 aromatic rings. The zero-order valence-corrected chi connectivity index (χ0v) is 12.0. The second-order valence-electron chi connectivity index (χ2n) is 5.61. The molecular formula is C16H25FN2. The summed E-state index contributed by atoms with van der Waals surface area (Å²) in [7, 11) is 0. The quantitative estimate of drug-likeness (QED) is 0.831. The van der Waals surface area contributed by atoms with Gasteiger partial charge in [-0.15, -0.1) is 0 Å². The summed E-state index contributed by atoms with van der Waals surface area (Å²) in [4.78, 5) is 2.16. The molecule has 0 radical (unpaired) electrons. The number of benzene rings is 1. The molecule has 1 fully saturated rings. The monoisotopic (exact) mass is 264 g/mol. The summed E-state index contributed by atoms with van der Waals surface area (Å²) < 4.78 is 13.9. The molecule has 106 valence electrons. The maximum absolute atomic E-state index is 13.9. The van der Waals surface area contributed by atoms with Crippen molar-refractivity contribution in [2.45, 2.75) is 39.5 Å². The van der Waals surface area contributed by atoms with Gasteiger partial charge in [0, 0.05) is 18.8 Å². The van der Waals surface area contributed by atoms with Gasteiger partial charge in [-0.25, -0.2) is 4.39 Å². The molecule has 1 aliphatic heterocycles. The highest BCUT2D eigenvalue weighted by Gasteiger charge is 2.25. The van der Waals surface area contributed by atoms with Crippen LogP contribution in [0.3, 0.4) is 0 Å². The normalized spacial score (nSPS) is 17.2. The van der Waals surface area contributed by atoms with Gasteiger partial charge in [0.15, 0.2) is 0 Å². The second-order valence-corrected chi connectivity index (χ2v) is 5.61. The van der Waals surface area contributed by atoms with Crippen LogP contribution in [0.25, 0.3) is 0 Å². The molecule has 0 spiro atoms. The van der Waals surface area contributed by atoms with Crippen LogP contribution in [0, 0.1) is 17.7 Å². The van der Waals surface area contributed by atoms with Crippen LogP contribution in [-0.4, -0.2) is 13.1 Å². The summed E-state index contributed by atoms with van der Waals surface area (Å²) in [5.41, 5.74) is 6.80. The van der Waals surface area contributed by atoms with Crippen LogP contribution in [0.15, 0.2) is 18.2 Å². The molecule has 3 heteroatoms. The molecule has 2 rings (SSSR count). The molecule has 0 atom stereocenters. The highest BCUT2D eigenvalue weighted by Crippen LogP contribution is 2.32. The van der Waals surface area contributed by atoms with Gasteiger partial charge in [-0.3, -0.25) is 0 Å². The van der Waals surface area contributed by atoms with Crippen LogP contribution in [0.2, 0.25) is 0 Å². The summed E-state index contributed by atoms with van der Waals surface area (Å²) >= 11 is 0. The van der Waals surface area contributed by atoms with Crippen LogP contribution < -0.4 is 10.6 Å². The molecule has 0 aromatic heterocycles. The molecule has 1 heterocycles. The molecule has 0 amide bonds. The first-order chi connectivity index (χ1) is 9.15. The van der Waals surface area contributed by atoms with Crippen molar-refractivity contribution in [3.05, 3.63) is 24.0 Å². The molecule has 19 heavy (non-hydrogen) atoms. The predicted octanol–water partition coefficient (Wildman–Crippen LogP) is 4.06. The van der Waals surface area contributed by atoms with Crippen molar-refractivity contribution in [3.63, 3.8) is 0 Å². The molecule has 0 bridgehead atoms. The predicted molar refractivity (Wildman–Crippen MR) is 79.8 cm³/mol. The van der Waals surface area contributed by atoms with Gasteiger partial charge >= 0.3 is 0 Å². The van der Waals surface area contributed by atoms with E-state index in [0.717, 1.165) is 24.9 Å². The van der Waals surface area contributed by atoms with E-state index < -0.39 is 0 Å². The number of hydrogen-bond acceptors (Lipinski definition) is 2. The van der Waals surface area contributed by atoms with Crippen molar-refractivity contribution < 1.29 is 4.39 Å². The molecule has 0 aliphatic carbocycles. The van der Waals surface area contributed by atoms with Crippen molar-refractivity contribution in [2.75, 3.05) is 23.7 Å². The van der Waals surface area contributed by atoms with E-state index >= 15 is 0 Å². The molecule has 0 unspecified atom stereocenters. The molecule has 0 saturated carbocycles. The molecule has 2 nitrogen and oxygen atoms in total. The average molecular weight is 264 g/mol. The Labute approximate surface area is 115 Å². The van der Waals surface area contributed by atoms with E-state index in [9.17, 15) is 4.39 Å². The van der Waals surface area contributed by atoms with E-state index in [1.165, 1.54) is 31.7 Å². The summed E-state index contributed by atoms with van der Waals surface area (Å²) in [5, 5.41) is 0. The first-order valence-electron chi connectivity index (χ1n) is 7.45. The first-order valence-corrected chi connectivity index (χ1v) is 7.45. The van der Waals surface area contributed by atoms with Crippen LogP contribution >= 0.6 is 0 Å². The fraction of sp³-hybridized carbons (Fsp3) is 0.625. The van der Waals surface area contributed by atoms with Gasteiger partial charge < -0.3 is 10.6 Å². The van der Waals surface area contributed by atoms with Crippen LogP contribution in [0.5, 0.6) is 0 Å². The van der Waals surface area contributed by atoms with E-state index in [1.54, 1.807) is 6.07 Å². The van der Waals surface area contributed by atoms with Crippen LogP contribution in [-0.2, 0) is 0 Å². The van der Waals surface area contributed by atoms with Crippen LogP contribution in [0.4, 0.5) is 15.8 Å². The SMILES string of the molecule is CCC(CC)C1CCN(c2ccc(N)cc2F)CC1. The summed E-state index contributed by atoms with van der Waals surface area (Å²) in [6.45, 7) is 6.48. The zero-order chi connectivity index (χ0) is 13.8. The maximum atomic E-state index is 13.9. The summed E-state index contributed by atoms with van der Waals surface area (Å²) in [6.07, 6.45) is 4.88. The van der Waals surface area contributed by atoms with E-state index in [-0.39, 0.29) is 5.82 Å². The lowest BCUT2D eigenvalue weighted by Gasteiger charge is -2.37. The average Bonchev–Trinajstić information content (AvgIpc) is 2.41. The van der Waals surface area contributed by atoms with Gasteiger partial charge in [-0.2, -0.15) is 0 Å². The van der Waals surface area contributed by atoms with Crippen molar-refractivity contribution in [1.29, 1.82) is 0 Å². The Bertz CT molecular complexity index is 407. The zero-order valence-electron chi connectivity index (χ0n) is 12.0. The number of halogens is 1. The number of nitrogens with zero attached hydrogens (tertiary/aromatic N) is 1. The van der Waals surface area contributed by atoms with Crippen LogP contribution in [0.1, 0.15) is 39.5 Å². The second kappa shape index (κ2) is 6.27. The van der Waals surface area contributed by atoms with Gasteiger partial charge in [0.1, 0.15) is 5.82 Å². The Morgan fingerprint density at radius 1 is 1.26 bits per heavy atom. The minimum Gasteiger partial charge on any atom is -0.399 e. The standard InChI is InChI=1S/C16H25FN2/c1-3-12(4-2)13-7-9-19(10-8-13)16-6-5-14(18)11-15(16)17/h5-6,11-13H,3-4,7-10,18H2,1-2H3. The third-order valence-electron chi connectivity index (χ3n) is 4.57. The lowest BCUT2D eigenvalue weighted by atomic mass is 9.81. The van der Waals surface area contributed by atoms with Gasteiger partial charge in [-0.05, 0) is 42.9 Å². The van der Waals surface area contributed by atoms with Crippen molar-refractivity contribution in [3.8, 4) is 0 Å². The maximum Gasteiger partial charge on any atom is 0.148 e. The number of nitrogen functional groups attached to an aromatic ring is 1. The highest BCUT2D eigenvalue weighted by molar-refractivity contribution is 5.54. The Hall–Kier alpha value is -1.25. The number of rotatable bonds is 4. The molecule has 1 saturated heterocycles. The Balaban J connectivity index is 1.99. The third kappa shape index (κ3) is 3.20. The van der Waals surface area contributed by atoms with E-state index in [0.29, 0.717) is 11.4 Å². The van der Waals surface area contributed by atoms with Gasteiger partial charge in [-0.1, -0.05) is 26.7 Å². The number of anilines is 2. The number of hydrogen-bond donors (Lipinski definition) is 1. The van der Waals surface area contributed by atoms with E-state index in [1.807, 2.05) is 6.07 Å². The van der Waals surface area contributed by atoms with Gasteiger partial charge in [0.05, 0.1) is 5.69 Å². The van der Waals surface area contributed by atoms with Gasteiger partial charge in [0.2, 0.25) is 0 Å². The molecule has 2 N–H and O–H groups in total. The Morgan fingerprint density at radius 3 is 2.42 bits per heavy atom. The minimum absolute atomic E-state index is 0.194. The van der Waals surface area contributed by atoms with Crippen molar-refractivity contribution in [1.82, 2.24) is 0 Å². The number of nitrogens with two attached hydrogens (primary N) is 1. The van der Waals surface area contributed by atoms with E-state index in [2.05, 4.69) is 18.7 Å². The summed E-state index contributed by atoms with van der Waals surface area (Å²) in [6, 6.07) is 5.01. The minimum atomic E-state index is -0.194. The fourth-order valence-electron chi connectivity index (χ4n) is 3.35. The first kappa shape index (κ1) is 14.2. The fourth-order valence-corrected chi connectivity index (χ4v) is 3.35. The van der Waals surface area contributed by atoms with Crippen molar-refractivity contribution in [2.24, 2.45) is 11.8 Å². The smallest absolute Gasteiger partial charge is 0.148 e. The highest BCUT2D eigenvalue weighted by atomic mass is 19.1. The van der Waals surface area contributed by atoms with E-state index in [4.69, 9.17) is 5.73 Å². The molecule has 1 aromatic carbocycles. The summed E-state index contributed by atoms with van der Waals surface area (Å²) in [5.74, 6) is 1.45. The lowest BCUT2D eigenvalue weighted by molar-refractivity contribution is 0.260. The number of piperidine rings is 1. The van der Waals surface area contributed by atoms with Crippen molar-refractivity contribution >= 4 is 11.4 Å². The third-order valence-corrected chi connectivity index (χ3v) is 4.57. The molecule has 1 aliphatic rings.